The molecule has 3 N–H and O–H groups in total. The monoisotopic (exact) mass is 384 g/mol. The largest absolute Gasteiger partial charge is 0.391 e. The molecule has 1 heterocycles. The molecule has 0 unspecified atom stereocenters. The van der Waals surface area contributed by atoms with E-state index in [1.165, 1.54) is 24.3 Å². The second-order valence-electron chi connectivity index (χ2n) is 7.35. The topological polar surface area (TPSA) is 65.1 Å². The van der Waals surface area contributed by atoms with Crippen molar-refractivity contribution in [2.75, 3.05) is 0 Å². The first-order valence-corrected chi connectivity index (χ1v) is 9.55. The third-order valence-electron chi connectivity index (χ3n) is 5.43. The molecule has 1 aliphatic carbocycles. The van der Waals surface area contributed by atoms with Crippen LogP contribution in [0.4, 0.5) is 8.78 Å². The van der Waals surface area contributed by atoms with Gasteiger partial charge in [-0.1, -0.05) is 0 Å². The maximum absolute atomic E-state index is 13.8. The highest BCUT2D eigenvalue weighted by Crippen LogP contribution is 2.32. The van der Waals surface area contributed by atoms with Crippen molar-refractivity contribution in [3.05, 3.63) is 59.7 Å². The number of aryl methyl sites for hydroxylation is 1. The zero-order valence-electron chi connectivity index (χ0n) is 15.3. The fraction of sp³-hybridized carbons (Fsp3) is 0.318. The summed E-state index contributed by atoms with van der Waals surface area (Å²) in [7, 11) is 0. The number of rotatable bonds is 5. The Morgan fingerprint density at radius 3 is 2.57 bits per heavy atom. The van der Waals surface area contributed by atoms with Crippen LogP contribution in [0.5, 0.6) is 0 Å². The molecule has 1 saturated carbocycles. The number of halogens is 2. The summed E-state index contributed by atoms with van der Waals surface area (Å²) >= 11 is 0. The number of carbonyl (C=O) groups is 1. The van der Waals surface area contributed by atoms with Crippen molar-refractivity contribution in [1.29, 1.82) is 0 Å². The number of H-pyrrole nitrogens is 1. The van der Waals surface area contributed by atoms with Crippen LogP contribution in [0, 0.1) is 11.6 Å². The maximum Gasteiger partial charge on any atom is 0.220 e. The van der Waals surface area contributed by atoms with Gasteiger partial charge >= 0.3 is 0 Å². The van der Waals surface area contributed by atoms with Crippen molar-refractivity contribution in [1.82, 2.24) is 10.3 Å². The minimum atomic E-state index is -0.485. The van der Waals surface area contributed by atoms with E-state index < -0.39 is 6.10 Å². The van der Waals surface area contributed by atoms with Crippen LogP contribution < -0.4 is 5.32 Å². The van der Waals surface area contributed by atoms with Crippen LogP contribution >= 0.6 is 0 Å². The number of aliphatic hydroxyl groups is 1. The molecule has 1 aliphatic rings. The molecule has 4 rings (SSSR count). The van der Waals surface area contributed by atoms with Crippen LogP contribution in [-0.4, -0.2) is 28.1 Å². The van der Waals surface area contributed by atoms with E-state index in [9.17, 15) is 18.7 Å². The van der Waals surface area contributed by atoms with Gasteiger partial charge in [-0.25, -0.2) is 8.78 Å². The average Bonchev–Trinajstić information content (AvgIpc) is 3.24. The van der Waals surface area contributed by atoms with E-state index in [4.69, 9.17) is 0 Å². The third kappa shape index (κ3) is 3.78. The molecule has 146 valence electrons. The van der Waals surface area contributed by atoms with Gasteiger partial charge in [-0.3, -0.25) is 4.79 Å². The highest BCUT2D eigenvalue weighted by molar-refractivity contribution is 5.91. The van der Waals surface area contributed by atoms with E-state index >= 15 is 0 Å². The van der Waals surface area contributed by atoms with Gasteiger partial charge in [-0.15, -0.1) is 0 Å². The van der Waals surface area contributed by atoms with Gasteiger partial charge in [0, 0.05) is 23.0 Å². The summed E-state index contributed by atoms with van der Waals surface area (Å²) in [6.45, 7) is 0. The van der Waals surface area contributed by atoms with Crippen molar-refractivity contribution in [3.8, 4) is 11.3 Å². The minimum Gasteiger partial charge on any atom is -0.391 e. The van der Waals surface area contributed by atoms with Gasteiger partial charge in [0.15, 0.2) is 0 Å². The van der Waals surface area contributed by atoms with Gasteiger partial charge in [0.05, 0.1) is 12.1 Å². The molecule has 2 atom stereocenters. The molecule has 4 nitrogen and oxygen atoms in total. The van der Waals surface area contributed by atoms with E-state index in [0.717, 1.165) is 35.2 Å². The number of hydrogen-bond acceptors (Lipinski definition) is 2. The van der Waals surface area contributed by atoms with E-state index in [2.05, 4.69) is 10.3 Å². The number of aromatic nitrogens is 1. The summed E-state index contributed by atoms with van der Waals surface area (Å²) in [5.41, 5.74) is 3.12. The van der Waals surface area contributed by atoms with Crippen molar-refractivity contribution in [2.45, 2.75) is 44.2 Å². The zero-order chi connectivity index (χ0) is 19.7. The van der Waals surface area contributed by atoms with Crippen LogP contribution in [0.3, 0.4) is 0 Å². The van der Waals surface area contributed by atoms with Crippen LogP contribution in [0.25, 0.3) is 22.2 Å². The zero-order valence-corrected chi connectivity index (χ0v) is 15.3. The van der Waals surface area contributed by atoms with E-state index in [1.54, 1.807) is 18.2 Å². The summed E-state index contributed by atoms with van der Waals surface area (Å²) in [5.74, 6) is -0.819. The molecule has 0 spiro atoms. The number of fused-ring (bicyclic) bond motifs is 1. The molecule has 6 heteroatoms. The smallest absolute Gasteiger partial charge is 0.220 e. The van der Waals surface area contributed by atoms with E-state index in [-0.39, 0.29) is 30.0 Å². The predicted octanol–water partition coefficient (Wildman–Crippen LogP) is 4.08. The molecular formula is C22H22F2N2O2. The van der Waals surface area contributed by atoms with E-state index in [0.29, 0.717) is 18.2 Å². The molecule has 1 fully saturated rings. The number of aromatic amines is 1. The van der Waals surface area contributed by atoms with Crippen molar-refractivity contribution >= 4 is 16.8 Å². The number of nitrogens with one attached hydrogen (secondary N) is 2. The van der Waals surface area contributed by atoms with Crippen LogP contribution in [0.15, 0.2) is 42.5 Å². The Balaban J connectivity index is 1.60. The number of aliphatic hydroxyl groups excluding tert-OH is 1. The molecule has 1 amide bonds. The van der Waals surface area contributed by atoms with Crippen molar-refractivity contribution in [3.63, 3.8) is 0 Å². The van der Waals surface area contributed by atoms with E-state index in [1.807, 2.05) is 0 Å². The molecule has 3 aromatic rings. The van der Waals surface area contributed by atoms with Gasteiger partial charge in [0.2, 0.25) is 5.91 Å². The Kier molecular flexibility index (Phi) is 5.13. The Morgan fingerprint density at radius 1 is 1.11 bits per heavy atom. The maximum atomic E-state index is 13.8. The Labute approximate surface area is 161 Å². The van der Waals surface area contributed by atoms with Gasteiger partial charge < -0.3 is 15.4 Å². The highest BCUT2D eigenvalue weighted by atomic mass is 19.1. The molecule has 0 aliphatic heterocycles. The first-order chi connectivity index (χ1) is 13.5. The lowest BCUT2D eigenvalue weighted by atomic mass is 10.0. The summed E-state index contributed by atoms with van der Waals surface area (Å²) in [6.07, 6.45) is 2.54. The summed E-state index contributed by atoms with van der Waals surface area (Å²) < 4.78 is 27.1. The van der Waals surface area contributed by atoms with Gasteiger partial charge in [0.1, 0.15) is 11.6 Å². The fourth-order valence-corrected chi connectivity index (χ4v) is 3.97. The molecule has 1 aromatic heterocycles. The van der Waals surface area contributed by atoms with Crippen molar-refractivity contribution < 1.29 is 18.7 Å². The number of amides is 1. The van der Waals surface area contributed by atoms with Gasteiger partial charge in [-0.05, 0) is 79.3 Å². The van der Waals surface area contributed by atoms with Crippen LogP contribution in [-0.2, 0) is 11.2 Å². The highest BCUT2D eigenvalue weighted by Gasteiger charge is 2.26. The van der Waals surface area contributed by atoms with Gasteiger partial charge in [-0.2, -0.15) is 0 Å². The standard InChI is InChI=1S/C22H22F2N2O2/c23-14-6-4-13(5-7-14)22-16(17-12-15(24)8-10-18(17)26-22)9-11-21(28)25-19-2-1-3-20(19)27/h4-8,10,12,19-20,26-27H,1-3,9,11H2,(H,25,28)/t19-,20-/m0/s1. The Hall–Kier alpha value is -2.73. The first kappa shape index (κ1) is 18.6. The summed E-state index contributed by atoms with van der Waals surface area (Å²) in [6, 6.07) is 10.4. The fourth-order valence-electron chi connectivity index (χ4n) is 3.97. The summed E-state index contributed by atoms with van der Waals surface area (Å²) in [4.78, 5) is 15.6. The lowest BCUT2D eigenvalue weighted by Gasteiger charge is -2.16. The first-order valence-electron chi connectivity index (χ1n) is 9.55. The van der Waals surface area contributed by atoms with Crippen LogP contribution in [0.1, 0.15) is 31.2 Å². The quantitative estimate of drug-likeness (QED) is 0.621. The Morgan fingerprint density at radius 2 is 1.86 bits per heavy atom. The van der Waals surface area contributed by atoms with Crippen LogP contribution in [0.2, 0.25) is 0 Å². The van der Waals surface area contributed by atoms with Gasteiger partial charge in [0.25, 0.3) is 0 Å². The third-order valence-corrected chi connectivity index (χ3v) is 5.43. The lowest BCUT2D eigenvalue weighted by molar-refractivity contribution is -0.122. The minimum absolute atomic E-state index is 0.137. The Bertz CT molecular complexity index is 998. The average molecular weight is 384 g/mol. The van der Waals surface area contributed by atoms with Crippen molar-refractivity contribution in [2.24, 2.45) is 0 Å². The second-order valence-corrected chi connectivity index (χ2v) is 7.35. The summed E-state index contributed by atoms with van der Waals surface area (Å²) in [5, 5.41) is 13.5. The molecule has 0 saturated heterocycles. The molecule has 28 heavy (non-hydrogen) atoms. The molecule has 0 bridgehead atoms. The second kappa shape index (κ2) is 7.72. The SMILES string of the molecule is O=C(CCc1c(-c2ccc(F)cc2)[nH]c2ccc(F)cc12)N[C@H]1CCC[C@@H]1O. The number of benzene rings is 2. The number of carbonyl (C=O) groups excluding carboxylic acids is 1. The molecule has 0 radical (unpaired) electrons. The lowest BCUT2D eigenvalue weighted by Crippen LogP contribution is -2.39. The number of hydrogen-bond donors (Lipinski definition) is 3. The molecule has 2 aromatic carbocycles. The predicted molar refractivity (Wildman–Crippen MR) is 104 cm³/mol. The normalized spacial score (nSPS) is 19.2. The molecular weight excluding hydrogens is 362 g/mol.